The molecular formula is C49H37NS. The largest absolute Gasteiger partial charge is 0.314 e. The number of rotatable bonds is 7. The van der Waals surface area contributed by atoms with Gasteiger partial charge >= 0.3 is 0 Å². The number of fused-ring (bicyclic) bond motifs is 3. The Balaban J connectivity index is 1.06. The van der Waals surface area contributed by atoms with Gasteiger partial charge < -0.3 is 4.90 Å². The second kappa shape index (κ2) is 13.4. The molecule has 0 saturated carbocycles. The highest BCUT2D eigenvalue weighted by Crippen LogP contribution is 2.41. The molecule has 0 saturated heterocycles. The molecule has 0 fully saturated rings. The zero-order chi connectivity index (χ0) is 34.1. The average molecular weight is 672 g/mol. The van der Waals surface area contributed by atoms with Crippen LogP contribution in [-0.2, 0) is 0 Å². The van der Waals surface area contributed by atoms with Crippen molar-refractivity contribution in [3.8, 4) is 33.4 Å². The minimum atomic E-state index is 0.392. The number of thiophene rings is 1. The van der Waals surface area contributed by atoms with E-state index in [4.69, 9.17) is 0 Å². The zero-order valence-corrected chi connectivity index (χ0v) is 29.4. The van der Waals surface area contributed by atoms with Gasteiger partial charge in [0.25, 0.3) is 0 Å². The van der Waals surface area contributed by atoms with Crippen molar-refractivity contribution in [2.24, 2.45) is 5.92 Å². The Labute approximate surface area is 304 Å². The van der Waals surface area contributed by atoms with Crippen LogP contribution < -0.4 is 4.90 Å². The zero-order valence-electron chi connectivity index (χ0n) is 28.5. The van der Waals surface area contributed by atoms with Crippen LogP contribution in [0.2, 0.25) is 0 Å². The van der Waals surface area contributed by atoms with Crippen molar-refractivity contribution < 1.29 is 0 Å². The molecule has 1 nitrogen and oxygen atoms in total. The summed E-state index contributed by atoms with van der Waals surface area (Å²) in [6.45, 7) is 2.35. The molecule has 1 aliphatic rings. The number of nitrogens with zero attached hydrogens (tertiary/aromatic N) is 1. The summed E-state index contributed by atoms with van der Waals surface area (Å²) in [5.74, 6) is 0.392. The molecule has 0 bridgehead atoms. The van der Waals surface area contributed by atoms with E-state index in [9.17, 15) is 0 Å². The first-order chi connectivity index (χ1) is 25.2. The Morgan fingerprint density at radius 3 is 1.51 bits per heavy atom. The van der Waals surface area contributed by atoms with Gasteiger partial charge in [-0.3, -0.25) is 0 Å². The first kappa shape index (κ1) is 31.1. The van der Waals surface area contributed by atoms with Crippen LogP contribution in [0.5, 0.6) is 0 Å². The lowest BCUT2D eigenvalue weighted by atomic mass is 9.86. The number of hydrogen-bond donors (Lipinski definition) is 0. The molecule has 7 aromatic carbocycles. The summed E-state index contributed by atoms with van der Waals surface area (Å²) in [5, 5.41) is 2.66. The molecule has 8 aromatic rings. The molecule has 0 N–H and O–H groups in total. The van der Waals surface area contributed by atoms with E-state index in [0.717, 1.165) is 17.8 Å². The topological polar surface area (TPSA) is 3.24 Å². The van der Waals surface area contributed by atoms with Gasteiger partial charge in [0.15, 0.2) is 0 Å². The lowest BCUT2D eigenvalue weighted by molar-refractivity contribution is 0.715. The predicted octanol–water partition coefficient (Wildman–Crippen LogP) is 14.2. The van der Waals surface area contributed by atoms with Crippen molar-refractivity contribution in [2.45, 2.75) is 13.3 Å². The highest BCUT2D eigenvalue weighted by atomic mass is 32.1. The first-order valence-corrected chi connectivity index (χ1v) is 18.5. The van der Waals surface area contributed by atoms with Crippen LogP contribution in [0.1, 0.15) is 18.9 Å². The minimum absolute atomic E-state index is 0.392. The van der Waals surface area contributed by atoms with E-state index in [0.29, 0.717) is 5.92 Å². The van der Waals surface area contributed by atoms with E-state index in [1.807, 2.05) is 11.3 Å². The fourth-order valence-corrected chi connectivity index (χ4v) is 8.58. The molecule has 1 aromatic heterocycles. The van der Waals surface area contributed by atoms with E-state index in [1.54, 1.807) is 0 Å². The van der Waals surface area contributed by atoms with Gasteiger partial charge in [0.05, 0.1) is 0 Å². The molecule has 9 rings (SSSR count). The number of anilines is 2. The molecule has 1 aliphatic carbocycles. The molecule has 0 spiro atoms. The van der Waals surface area contributed by atoms with Crippen LogP contribution >= 0.6 is 11.3 Å². The summed E-state index contributed by atoms with van der Waals surface area (Å²) >= 11 is 1.87. The van der Waals surface area contributed by atoms with Gasteiger partial charge in [-0.25, -0.2) is 0 Å². The van der Waals surface area contributed by atoms with Gasteiger partial charge in [-0.1, -0.05) is 146 Å². The van der Waals surface area contributed by atoms with Crippen LogP contribution in [0.25, 0.3) is 59.1 Å². The third kappa shape index (κ3) is 6.09. The number of benzene rings is 7. The Kier molecular flexibility index (Phi) is 8.16. The maximum atomic E-state index is 2.44. The standard InChI is InChI=1S/C49H37NS/c1-34-32-44(29-30-45(34)40-12-6-3-7-13-40)50(42-25-20-38(21-26-42)37-18-16-36(17-19-37)35-10-4-2-5-11-35)43-27-22-39(23-28-43)41-24-31-49-47(33-41)46-14-8-9-15-48(46)51-49/h2-31,33-34H,32H2,1H3. The van der Waals surface area contributed by atoms with Gasteiger partial charge in [0, 0.05) is 37.2 Å². The average Bonchev–Trinajstić information content (AvgIpc) is 3.57. The maximum Gasteiger partial charge on any atom is 0.0458 e. The monoisotopic (exact) mass is 671 g/mol. The van der Waals surface area contributed by atoms with Crippen molar-refractivity contribution >= 4 is 48.5 Å². The molecule has 0 aliphatic heterocycles. The molecule has 1 unspecified atom stereocenters. The van der Waals surface area contributed by atoms with Gasteiger partial charge in [0.1, 0.15) is 0 Å². The fourth-order valence-electron chi connectivity index (χ4n) is 7.50. The van der Waals surface area contributed by atoms with Crippen molar-refractivity contribution in [1.82, 2.24) is 0 Å². The summed E-state index contributed by atoms with van der Waals surface area (Å²) in [4.78, 5) is 2.44. The van der Waals surface area contributed by atoms with Gasteiger partial charge in [-0.2, -0.15) is 0 Å². The summed E-state index contributed by atoms with van der Waals surface area (Å²) in [5.41, 5.74) is 13.7. The van der Waals surface area contributed by atoms with E-state index in [-0.39, 0.29) is 0 Å². The molecule has 1 heterocycles. The van der Waals surface area contributed by atoms with Crippen molar-refractivity contribution in [1.29, 1.82) is 0 Å². The molecule has 1 atom stereocenters. The number of hydrogen-bond acceptors (Lipinski definition) is 2. The van der Waals surface area contributed by atoms with Gasteiger partial charge in [0.2, 0.25) is 0 Å². The van der Waals surface area contributed by atoms with Gasteiger partial charge in [-0.15, -0.1) is 11.3 Å². The normalized spacial score (nSPS) is 14.3. The SMILES string of the molecule is CC1CC(N(c2ccc(-c3ccc(-c4ccccc4)cc3)cc2)c2ccc(-c3ccc4sc5ccccc5c4c3)cc2)=CC=C1c1ccccc1. The highest BCUT2D eigenvalue weighted by Gasteiger charge is 2.23. The van der Waals surface area contributed by atoms with E-state index >= 15 is 0 Å². The van der Waals surface area contributed by atoms with Crippen molar-refractivity contribution in [3.63, 3.8) is 0 Å². The predicted molar refractivity (Wildman–Crippen MR) is 221 cm³/mol. The van der Waals surface area contributed by atoms with Gasteiger partial charge in [-0.05, 0) is 105 Å². The Hall–Kier alpha value is -5.96. The molecular weight excluding hydrogens is 635 g/mol. The second-order valence-corrected chi connectivity index (χ2v) is 14.5. The number of allylic oxidation sites excluding steroid dienone is 4. The summed E-state index contributed by atoms with van der Waals surface area (Å²) in [6, 6.07) is 64.0. The molecule has 0 radical (unpaired) electrons. The van der Waals surface area contributed by atoms with Crippen molar-refractivity contribution in [2.75, 3.05) is 4.90 Å². The summed E-state index contributed by atoms with van der Waals surface area (Å²) in [6.07, 6.45) is 5.60. The third-order valence-electron chi connectivity index (χ3n) is 10.2. The Bertz CT molecular complexity index is 2520. The van der Waals surface area contributed by atoms with Crippen LogP contribution in [0.15, 0.2) is 194 Å². The fraction of sp³-hybridized carbons (Fsp3) is 0.0612. The summed E-state index contributed by atoms with van der Waals surface area (Å²) < 4.78 is 2.67. The Morgan fingerprint density at radius 2 is 0.902 bits per heavy atom. The quantitative estimate of drug-likeness (QED) is 0.163. The molecule has 244 valence electrons. The van der Waals surface area contributed by atoms with Crippen molar-refractivity contribution in [3.05, 3.63) is 199 Å². The smallest absolute Gasteiger partial charge is 0.0458 e. The maximum absolute atomic E-state index is 2.44. The second-order valence-electron chi connectivity index (χ2n) is 13.4. The summed E-state index contributed by atoms with van der Waals surface area (Å²) in [7, 11) is 0. The lowest BCUT2D eigenvalue weighted by Gasteiger charge is -2.32. The first-order valence-electron chi connectivity index (χ1n) is 17.7. The lowest BCUT2D eigenvalue weighted by Crippen LogP contribution is -2.20. The van der Waals surface area contributed by atoms with Crippen LogP contribution in [0.4, 0.5) is 11.4 Å². The Morgan fingerprint density at radius 1 is 0.431 bits per heavy atom. The molecule has 51 heavy (non-hydrogen) atoms. The van der Waals surface area contributed by atoms with E-state index in [1.165, 1.54) is 70.4 Å². The van der Waals surface area contributed by atoms with Crippen LogP contribution in [-0.4, -0.2) is 0 Å². The van der Waals surface area contributed by atoms with E-state index < -0.39 is 0 Å². The van der Waals surface area contributed by atoms with Crippen LogP contribution in [0, 0.1) is 5.92 Å². The highest BCUT2D eigenvalue weighted by molar-refractivity contribution is 7.25. The van der Waals surface area contributed by atoms with Crippen LogP contribution in [0.3, 0.4) is 0 Å². The van der Waals surface area contributed by atoms with E-state index in [2.05, 4.69) is 200 Å². The molecule has 2 heteroatoms. The minimum Gasteiger partial charge on any atom is -0.314 e. The molecule has 0 amide bonds. The third-order valence-corrected chi connectivity index (χ3v) is 11.3.